The van der Waals surface area contributed by atoms with E-state index in [9.17, 15) is 9.59 Å². The van der Waals surface area contributed by atoms with Crippen LogP contribution >= 0.6 is 15.9 Å². The van der Waals surface area contributed by atoms with Gasteiger partial charge < -0.3 is 15.7 Å². The first-order chi connectivity index (χ1) is 9.40. The lowest BCUT2D eigenvalue weighted by Gasteiger charge is -2.32. The fourth-order valence-corrected chi connectivity index (χ4v) is 2.77. The molecule has 0 aromatic heterocycles. The molecule has 1 fully saturated rings. The highest BCUT2D eigenvalue weighted by Gasteiger charge is 2.34. The number of benzene rings is 1. The number of carbonyl (C=O) groups is 2. The highest BCUT2D eigenvalue weighted by molar-refractivity contribution is 9.10. The molecule has 0 unspecified atom stereocenters. The molecule has 0 spiro atoms. The predicted octanol–water partition coefficient (Wildman–Crippen LogP) is 2.48. The minimum absolute atomic E-state index is 0.0616. The molecule has 0 radical (unpaired) electrons. The zero-order valence-electron chi connectivity index (χ0n) is 11.2. The number of anilines is 1. The van der Waals surface area contributed by atoms with Crippen molar-refractivity contribution in [1.29, 1.82) is 0 Å². The molecule has 1 aromatic carbocycles. The van der Waals surface area contributed by atoms with Gasteiger partial charge in [0.05, 0.1) is 5.56 Å². The SMILES string of the molecule is CC1(C(=O)Nc2cc(Br)cc(C(=O)O)c2)CCNCC1. The molecule has 0 atom stereocenters. The monoisotopic (exact) mass is 340 g/mol. The zero-order chi connectivity index (χ0) is 14.8. The minimum Gasteiger partial charge on any atom is -0.478 e. The lowest BCUT2D eigenvalue weighted by Crippen LogP contribution is -2.42. The van der Waals surface area contributed by atoms with Crippen molar-refractivity contribution in [2.75, 3.05) is 18.4 Å². The third kappa shape index (κ3) is 3.37. The Kier molecular flexibility index (Phi) is 4.45. The van der Waals surface area contributed by atoms with E-state index in [2.05, 4.69) is 26.6 Å². The number of amides is 1. The summed E-state index contributed by atoms with van der Waals surface area (Å²) in [5, 5.41) is 15.1. The molecule has 1 heterocycles. The number of piperidine rings is 1. The first kappa shape index (κ1) is 15.0. The normalized spacial score (nSPS) is 17.5. The van der Waals surface area contributed by atoms with Crippen LogP contribution in [-0.4, -0.2) is 30.1 Å². The van der Waals surface area contributed by atoms with Crippen LogP contribution in [0.2, 0.25) is 0 Å². The van der Waals surface area contributed by atoms with E-state index in [4.69, 9.17) is 5.11 Å². The van der Waals surface area contributed by atoms with Crippen LogP contribution < -0.4 is 10.6 Å². The van der Waals surface area contributed by atoms with Crippen molar-refractivity contribution >= 4 is 33.5 Å². The maximum Gasteiger partial charge on any atom is 0.335 e. The van der Waals surface area contributed by atoms with Gasteiger partial charge in [-0.3, -0.25) is 4.79 Å². The van der Waals surface area contributed by atoms with E-state index in [1.165, 1.54) is 12.1 Å². The van der Waals surface area contributed by atoms with Gasteiger partial charge >= 0.3 is 5.97 Å². The molecule has 1 saturated heterocycles. The molecular formula is C14H17BrN2O3. The fraction of sp³-hybridized carbons (Fsp3) is 0.429. The van der Waals surface area contributed by atoms with Gasteiger partial charge in [-0.05, 0) is 44.1 Å². The summed E-state index contributed by atoms with van der Waals surface area (Å²) >= 11 is 3.26. The van der Waals surface area contributed by atoms with Gasteiger partial charge in [0, 0.05) is 15.6 Å². The molecular weight excluding hydrogens is 324 g/mol. The summed E-state index contributed by atoms with van der Waals surface area (Å²) in [5.41, 5.74) is 0.239. The predicted molar refractivity (Wildman–Crippen MR) is 79.9 cm³/mol. The maximum absolute atomic E-state index is 12.4. The Morgan fingerprint density at radius 1 is 1.30 bits per heavy atom. The van der Waals surface area contributed by atoms with Crippen LogP contribution in [0.1, 0.15) is 30.1 Å². The molecule has 2 rings (SSSR count). The third-order valence-electron chi connectivity index (χ3n) is 3.66. The van der Waals surface area contributed by atoms with Crippen molar-refractivity contribution in [1.82, 2.24) is 5.32 Å². The first-order valence-corrected chi connectivity index (χ1v) is 7.26. The average Bonchev–Trinajstić information content (AvgIpc) is 2.38. The second-order valence-electron chi connectivity index (χ2n) is 5.30. The summed E-state index contributed by atoms with van der Waals surface area (Å²) in [6.45, 7) is 3.59. The third-order valence-corrected chi connectivity index (χ3v) is 4.12. The van der Waals surface area contributed by atoms with Crippen LogP contribution in [0.25, 0.3) is 0 Å². The van der Waals surface area contributed by atoms with Crippen LogP contribution in [-0.2, 0) is 4.79 Å². The summed E-state index contributed by atoms with van der Waals surface area (Å²) in [4.78, 5) is 23.4. The Bertz CT molecular complexity index is 539. The van der Waals surface area contributed by atoms with Crippen molar-refractivity contribution in [2.45, 2.75) is 19.8 Å². The van der Waals surface area contributed by atoms with Gasteiger partial charge in [-0.2, -0.15) is 0 Å². The topological polar surface area (TPSA) is 78.4 Å². The van der Waals surface area contributed by atoms with Gasteiger partial charge in [0.15, 0.2) is 0 Å². The van der Waals surface area contributed by atoms with Gasteiger partial charge in [0.25, 0.3) is 0 Å². The quantitative estimate of drug-likeness (QED) is 0.789. The summed E-state index contributed by atoms with van der Waals surface area (Å²) in [5.74, 6) is -1.08. The molecule has 20 heavy (non-hydrogen) atoms. The van der Waals surface area contributed by atoms with Gasteiger partial charge in [-0.15, -0.1) is 0 Å². The molecule has 0 bridgehead atoms. The summed E-state index contributed by atoms with van der Waals surface area (Å²) in [7, 11) is 0. The van der Waals surface area contributed by atoms with E-state index in [0.717, 1.165) is 25.9 Å². The highest BCUT2D eigenvalue weighted by Crippen LogP contribution is 2.30. The lowest BCUT2D eigenvalue weighted by atomic mass is 9.80. The smallest absolute Gasteiger partial charge is 0.335 e. The van der Waals surface area contributed by atoms with Crippen LogP contribution in [0.3, 0.4) is 0 Å². The number of carbonyl (C=O) groups excluding carboxylic acids is 1. The lowest BCUT2D eigenvalue weighted by molar-refractivity contribution is -0.126. The van der Waals surface area contributed by atoms with Crippen molar-refractivity contribution in [3.63, 3.8) is 0 Å². The molecule has 0 aliphatic carbocycles. The van der Waals surface area contributed by atoms with Gasteiger partial charge in [0.1, 0.15) is 0 Å². The van der Waals surface area contributed by atoms with Gasteiger partial charge in [-0.25, -0.2) is 4.79 Å². The van der Waals surface area contributed by atoms with Crippen molar-refractivity contribution < 1.29 is 14.7 Å². The summed E-state index contributed by atoms with van der Waals surface area (Å²) in [6.07, 6.45) is 1.55. The second kappa shape index (κ2) is 5.93. The molecule has 5 nitrogen and oxygen atoms in total. The molecule has 1 aliphatic rings. The number of halogens is 1. The number of aromatic carboxylic acids is 1. The average molecular weight is 341 g/mol. The molecule has 1 aliphatic heterocycles. The van der Waals surface area contributed by atoms with E-state index in [-0.39, 0.29) is 11.5 Å². The summed E-state index contributed by atoms with van der Waals surface area (Å²) < 4.78 is 0.628. The van der Waals surface area contributed by atoms with Crippen molar-refractivity contribution in [3.8, 4) is 0 Å². The molecule has 1 aromatic rings. The van der Waals surface area contributed by atoms with E-state index < -0.39 is 11.4 Å². The Hall–Kier alpha value is -1.40. The molecule has 3 N–H and O–H groups in total. The van der Waals surface area contributed by atoms with Gasteiger partial charge in [-0.1, -0.05) is 22.9 Å². The Labute approximate surface area is 125 Å². The van der Waals surface area contributed by atoms with Crippen molar-refractivity contribution in [2.24, 2.45) is 5.41 Å². The minimum atomic E-state index is -1.02. The number of carboxylic acid groups (broad SMARTS) is 1. The van der Waals surface area contributed by atoms with E-state index in [1.54, 1.807) is 6.07 Å². The number of hydrogen-bond donors (Lipinski definition) is 3. The number of hydrogen-bond acceptors (Lipinski definition) is 3. The highest BCUT2D eigenvalue weighted by atomic mass is 79.9. The van der Waals surface area contributed by atoms with Crippen LogP contribution in [0.15, 0.2) is 22.7 Å². The zero-order valence-corrected chi connectivity index (χ0v) is 12.8. The van der Waals surface area contributed by atoms with E-state index >= 15 is 0 Å². The number of nitrogens with one attached hydrogen (secondary N) is 2. The standard InChI is InChI=1S/C14H17BrN2O3/c1-14(2-4-16-5-3-14)13(20)17-11-7-9(12(18)19)6-10(15)8-11/h6-8,16H,2-5H2,1H3,(H,17,20)(H,18,19). The number of rotatable bonds is 3. The molecule has 1 amide bonds. The van der Waals surface area contributed by atoms with Crippen LogP contribution in [0, 0.1) is 5.41 Å². The van der Waals surface area contributed by atoms with E-state index in [0.29, 0.717) is 10.2 Å². The van der Waals surface area contributed by atoms with E-state index in [1.807, 2.05) is 6.92 Å². The largest absolute Gasteiger partial charge is 0.478 e. The number of carboxylic acids is 1. The molecule has 0 saturated carbocycles. The summed E-state index contributed by atoms with van der Waals surface area (Å²) in [6, 6.07) is 4.68. The fourth-order valence-electron chi connectivity index (χ4n) is 2.27. The Morgan fingerprint density at radius 2 is 1.95 bits per heavy atom. The Balaban J connectivity index is 2.17. The van der Waals surface area contributed by atoms with Crippen LogP contribution in [0.5, 0.6) is 0 Å². The molecule has 6 heteroatoms. The second-order valence-corrected chi connectivity index (χ2v) is 6.21. The Morgan fingerprint density at radius 3 is 2.55 bits per heavy atom. The van der Waals surface area contributed by atoms with Crippen molar-refractivity contribution in [3.05, 3.63) is 28.2 Å². The molecule has 108 valence electrons. The van der Waals surface area contributed by atoms with Crippen LogP contribution in [0.4, 0.5) is 5.69 Å². The maximum atomic E-state index is 12.4. The first-order valence-electron chi connectivity index (χ1n) is 6.47. The van der Waals surface area contributed by atoms with Gasteiger partial charge in [0.2, 0.25) is 5.91 Å².